The maximum atomic E-state index is 11.6. The minimum absolute atomic E-state index is 0.0231. The van der Waals surface area contributed by atoms with E-state index >= 15 is 0 Å². The molecule has 1 heterocycles. The van der Waals surface area contributed by atoms with Crippen molar-refractivity contribution in [2.24, 2.45) is 0 Å². The normalized spacial score (nSPS) is 12.0. The average Bonchev–Trinajstić information content (AvgIpc) is 3.11. The van der Waals surface area contributed by atoms with Crippen LogP contribution in [0.2, 0.25) is 0 Å². The molecule has 1 unspecified atom stereocenters. The highest BCUT2D eigenvalue weighted by Gasteiger charge is 2.08. The van der Waals surface area contributed by atoms with E-state index in [0.29, 0.717) is 19.4 Å². The first-order chi connectivity index (χ1) is 12.6. The maximum absolute atomic E-state index is 11.6. The van der Waals surface area contributed by atoms with Crippen molar-refractivity contribution in [1.29, 1.82) is 0 Å². The van der Waals surface area contributed by atoms with Crippen LogP contribution in [0.25, 0.3) is 0 Å². The molecule has 5 nitrogen and oxygen atoms in total. The molecule has 0 aliphatic heterocycles. The van der Waals surface area contributed by atoms with Crippen LogP contribution in [0.5, 0.6) is 5.75 Å². The molecule has 2 aromatic rings. The van der Waals surface area contributed by atoms with Crippen LogP contribution in [0.15, 0.2) is 59.9 Å². The fraction of sp³-hybridized carbons (Fsp3) is 0.381. The summed E-state index contributed by atoms with van der Waals surface area (Å²) in [7, 11) is 2.07. The first-order valence-electron chi connectivity index (χ1n) is 8.89. The van der Waals surface area contributed by atoms with Gasteiger partial charge in [0.1, 0.15) is 11.9 Å². The topological polar surface area (TPSA) is 54.7 Å². The zero-order valence-electron chi connectivity index (χ0n) is 15.6. The van der Waals surface area contributed by atoms with Gasteiger partial charge in [0.05, 0.1) is 19.1 Å². The number of carbonyl (C=O) groups is 1. The zero-order chi connectivity index (χ0) is 18.8. The Hall–Kier alpha value is -2.53. The van der Waals surface area contributed by atoms with E-state index in [1.807, 2.05) is 31.2 Å². The summed E-state index contributed by atoms with van der Waals surface area (Å²) < 4.78 is 11.0. The van der Waals surface area contributed by atoms with Crippen LogP contribution in [0, 0.1) is 0 Å². The van der Waals surface area contributed by atoms with Gasteiger partial charge in [0.2, 0.25) is 5.91 Å². The Morgan fingerprint density at radius 1 is 1.35 bits per heavy atom. The van der Waals surface area contributed by atoms with Crippen LogP contribution < -0.4 is 10.1 Å². The molecule has 1 N–H and O–H groups in total. The van der Waals surface area contributed by atoms with Crippen molar-refractivity contribution in [2.45, 2.75) is 39.0 Å². The quantitative estimate of drug-likeness (QED) is 0.623. The van der Waals surface area contributed by atoms with Crippen LogP contribution in [-0.2, 0) is 17.9 Å². The number of rotatable bonds is 11. The summed E-state index contributed by atoms with van der Waals surface area (Å²) >= 11 is 0. The molecule has 26 heavy (non-hydrogen) atoms. The van der Waals surface area contributed by atoms with Crippen LogP contribution in [0.1, 0.15) is 30.9 Å². The summed E-state index contributed by atoms with van der Waals surface area (Å²) in [6.45, 7) is 7.70. The standard InChI is InChI=1S/C21H28N2O3/c1-4-5-9-21(24)22-13-17(2)26-20-8-6-7-18(12-20)14-23(3)15-19-10-11-25-16-19/h4,6-8,10-12,16-17H,1,5,9,13-15H2,2-3H3,(H,22,24). The van der Waals surface area contributed by atoms with Crippen LogP contribution >= 0.6 is 0 Å². The number of hydrogen-bond donors (Lipinski definition) is 1. The fourth-order valence-corrected chi connectivity index (χ4v) is 2.63. The van der Waals surface area contributed by atoms with Crippen LogP contribution in [0.3, 0.4) is 0 Å². The lowest BCUT2D eigenvalue weighted by Crippen LogP contribution is -2.33. The first kappa shape index (κ1) is 19.8. The minimum atomic E-state index is -0.0957. The Balaban J connectivity index is 1.80. The number of furan rings is 1. The van der Waals surface area contributed by atoms with E-state index in [1.54, 1.807) is 18.6 Å². The molecule has 0 aliphatic rings. The molecule has 0 spiro atoms. The third kappa shape index (κ3) is 7.15. The molecule has 2 rings (SSSR count). The number of ether oxygens (including phenoxy) is 1. The molecular weight excluding hydrogens is 328 g/mol. The number of carbonyl (C=O) groups excluding carboxylic acids is 1. The third-order valence-electron chi connectivity index (χ3n) is 3.88. The molecule has 0 radical (unpaired) electrons. The third-order valence-corrected chi connectivity index (χ3v) is 3.88. The van der Waals surface area contributed by atoms with E-state index in [-0.39, 0.29) is 12.0 Å². The Morgan fingerprint density at radius 3 is 2.88 bits per heavy atom. The highest BCUT2D eigenvalue weighted by Crippen LogP contribution is 2.17. The van der Waals surface area contributed by atoms with E-state index < -0.39 is 0 Å². The average molecular weight is 356 g/mol. The number of hydrogen-bond acceptors (Lipinski definition) is 4. The molecule has 0 fully saturated rings. The van der Waals surface area contributed by atoms with Gasteiger partial charge in [0, 0.05) is 25.1 Å². The van der Waals surface area contributed by atoms with Gasteiger partial charge in [-0.3, -0.25) is 9.69 Å². The van der Waals surface area contributed by atoms with E-state index in [9.17, 15) is 4.79 Å². The largest absolute Gasteiger partial charge is 0.489 e. The molecule has 1 aromatic heterocycles. The SMILES string of the molecule is C=CCCC(=O)NCC(C)Oc1cccc(CN(C)Cc2ccoc2)c1. The Morgan fingerprint density at radius 2 is 2.15 bits per heavy atom. The lowest BCUT2D eigenvalue weighted by atomic mass is 10.2. The molecule has 1 aromatic carbocycles. The monoisotopic (exact) mass is 356 g/mol. The molecule has 140 valence electrons. The van der Waals surface area contributed by atoms with Gasteiger partial charge >= 0.3 is 0 Å². The molecule has 5 heteroatoms. The second kappa shape index (κ2) is 10.5. The number of amides is 1. The summed E-state index contributed by atoms with van der Waals surface area (Å²) in [6, 6.07) is 10.0. The van der Waals surface area contributed by atoms with Gasteiger partial charge in [-0.15, -0.1) is 6.58 Å². The van der Waals surface area contributed by atoms with Gasteiger partial charge in [0.15, 0.2) is 0 Å². The Kier molecular flexibility index (Phi) is 7.96. The van der Waals surface area contributed by atoms with E-state index in [0.717, 1.165) is 24.4 Å². The molecule has 1 atom stereocenters. The smallest absolute Gasteiger partial charge is 0.220 e. The molecule has 0 saturated carbocycles. The zero-order valence-corrected chi connectivity index (χ0v) is 15.6. The second-order valence-corrected chi connectivity index (χ2v) is 6.51. The van der Waals surface area contributed by atoms with Crippen molar-refractivity contribution in [3.8, 4) is 5.75 Å². The van der Waals surface area contributed by atoms with Crippen molar-refractivity contribution in [1.82, 2.24) is 10.2 Å². The van der Waals surface area contributed by atoms with Gasteiger partial charge in [-0.1, -0.05) is 18.2 Å². The first-order valence-corrected chi connectivity index (χ1v) is 8.89. The molecular formula is C21H28N2O3. The number of benzene rings is 1. The van der Waals surface area contributed by atoms with Crippen LogP contribution in [0.4, 0.5) is 0 Å². The molecule has 1 amide bonds. The van der Waals surface area contributed by atoms with Gasteiger partial charge in [-0.05, 0) is 44.2 Å². The van der Waals surface area contributed by atoms with Crippen molar-refractivity contribution < 1.29 is 13.9 Å². The van der Waals surface area contributed by atoms with Gasteiger partial charge in [-0.25, -0.2) is 0 Å². The second-order valence-electron chi connectivity index (χ2n) is 6.51. The summed E-state index contributed by atoms with van der Waals surface area (Å²) in [5.41, 5.74) is 2.33. The summed E-state index contributed by atoms with van der Waals surface area (Å²) in [5.74, 6) is 0.835. The van der Waals surface area contributed by atoms with E-state index in [2.05, 4.69) is 29.9 Å². The number of allylic oxidation sites excluding steroid dienone is 1. The van der Waals surface area contributed by atoms with Crippen molar-refractivity contribution in [3.63, 3.8) is 0 Å². The summed E-state index contributed by atoms with van der Waals surface area (Å²) in [5, 5.41) is 2.88. The number of nitrogens with zero attached hydrogens (tertiary/aromatic N) is 1. The van der Waals surface area contributed by atoms with Crippen molar-refractivity contribution in [3.05, 3.63) is 66.6 Å². The fourth-order valence-electron chi connectivity index (χ4n) is 2.63. The van der Waals surface area contributed by atoms with Gasteiger partial charge in [-0.2, -0.15) is 0 Å². The highest BCUT2D eigenvalue weighted by molar-refractivity contribution is 5.75. The maximum Gasteiger partial charge on any atom is 0.220 e. The predicted molar refractivity (Wildman–Crippen MR) is 103 cm³/mol. The molecule has 0 saturated heterocycles. The van der Waals surface area contributed by atoms with Gasteiger partial charge in [0.25, 0.3) is 0 Å². The van der Waals surface area contributed by atoms with E-state index in [1.165, 1.54) is 5.56 Å². The number of nitrogens with one attached hydrogen (secondary N) is 1. The molecule has 0 bridgehead atoms. The van der Waals surface area contributed by atoms with Gasteiger partial charge < -0.3 is 14.5 Å². The highest BCUT2D eigenvalue weighted by atomic mass is 16.5. The Labute approximate surface area is 155 Å². The lowest BCUT2D eigenvalue weighted by Gasteiger charge is -2.18. The Bertz CT molecular complexity index is 682. The van der Waals surface area contributed by atoms with Crippen molar-refractivity contribution >= 4 is 5.91 Å². The predicted octanol–water partition coefficient (Wildman–Crippen LogP) is 3.76. The summed E-state index contributed by atoms with van der Waals surface area (Å²) in [6.07, 6.45) is 6.26. The minimum Gasteiger partial charge on any atom is -0.489 e. The lowest BCUT2D eigenvalue weighted by molar-refractivity contribution is -0.121. The van der Waals surface area contributed by atoms with E-state index in [4.69, 9.17) is 9.15 Å². The van der Waals surface area contributed by atoms with Crippen molar-refractivity contribution in [2.75, 3.05) is 13.6 Å². The summed E-state index contributed by atoms with van der Waals surface area (Å²) in [4.78, 5) is 13.9. The molecule has 0 aliphatic carbocycles. The van der Waals surface area contributed by atoms with Crippen LogP contribution in [-0.4, -0.2) is 30.5 Å².